The molecule has 0 aliphatic rings. The number of hydrogen-bond acceptors (Lipinski definition) is 3. The Morgan fingerprint density at radius 1 is 1.67 bits per heavy atom. The Morgan fingerprint density at radius 2 is 2.25 bits per heavy atom. The Bertz CT molecular complexity index is 154. The number of hydrogen-bond donors (Lipinski definition) is 2. The van der Waals surface area contributed by atoms with Crippen LogP contribution in [0.2, 0.25) is 0 Å². The third-order valence-electron chi connectivity index (χ3n) is 1.62. The molecule has 0 aromatic carbocycles. The molecule has 0 radical (unpaired) electrons. The van der Waals surface area contributed by atoms with Gasteiger partial charge in [-0.3, -0.25) is 4.39 Å². The molecule has 0 saturated heterocycles. The monoisotopic (exact) mass is 178 g/mol. The van der Waals surface area contributed by atoms with Crippen LogP contribution < -0.4 is 11.5 Å². The number of primary amides is 1. The van der Waals surface area contributed by atoms with Gasteiger partial charge in [-0.05, 0) is 19.8 Å². The second-order valence-electron chi connectivity index (χ2n) is 2.87. The maximum atomic E-state index is 11.8. The van der Waals surface area contributed by atoms with Gasteiger partial charge in [-0.25, -0.2) is 4.79 Å². The van der Waals surface area contributed by atoms with Gasteiger partial charge in [0.25, 0.3) is 0 Å². The highest BCUT2D eigenvalue weighted by Gasteiger charge is 2.25. The van der Waals surface area contributed by atoms with Gasteiger partial charge in [0.1, 0.15) is 5.60 Å². The van der Waals surface area contributed by atoms with Gasteiger partial charge in [-0.15, -0.1) is 0 Å². The van der Waals surface area contributed by atoms with E-state index in [2.05, 4.69) is 0 Å². The van der Waals surface area contributed by atoms with Crippen LogP contribution in [0.25, 0.3) is 0 Å². The molecule has 4 nitrogen and oxygen atoms in total. The van der Waals surface area contributed by atoms with Crippen LogP contribution in [0.5, 0.6) is 0 Å². The van der Waals surface area contributed by atoms with Gasteiger partial charge in [-0.2, -0.15) is 0 Å². The van der Waals surface area contributed by atoms with E-state index < -0.39 is 18.4 Å². The fourth-order valence-corrected chi connectivity index (χ4v) is 0.878. The van der Waals surface area contributed by atoms with Crippen molar-refractivity contribution in [3.8, 4) is 0 Å². The number of carbonyl (C=O) groups is 1. The largest absolute Gasteiger partial charge is 0.442 e. The number of amides is 1. The quantitative estimate of drug-likeness (QED) is 0.645. The van der Waals surface area contributed by atoms with E-state index in [1.807, 2.05) is 0 Å². The van der Waals surface area contributed by atoms with Gasteiger partial charge >= 0.3 is 6.09 Å². The van der Waals surface area contributed by atoms with Crippen molar-refractivity contribution in [1.82, 2.24) is 0 Å². The van der Waals surface area contributed by atoms with E-state index in [1.54, 1.807) is 6.92 Å². The van der Waals surface area contributed by atoms with Gasteiger partial charge in [0.05, 0.1) is 6.67 Å². The number of halogens is 1. The highest BCUT2D eigenvalue weighted by atomic mass is 19.1. The lowest BCUT2D eigenvalue weighted by molar-refractivity contribution is 0.0285. The van der Waals surface area contributed by atoms with Gasteiger partial charge in [0.2, 0.25) is 0 Å². The van der Waals surface area contributed by atoms with E-state index in [0.29, 0.717) is 12.8 Å². The summed E-state index contributed by atoms with van der Waals surface area (Å²) in [5, 5.41) is 0. The minimum absolute atomic E-state index is 0.149. The molecule has 1 unspecified atom stereocenters. The molecule has 1 amide bonds. The summed E-state index contributed by atoms with van der Waals surface area (Å²) in [7, 11) is 0. The van der Waals surface area contributed by atoms with Crippen LogP contribution in [0.1, 0.15) is 19.8 Å². The highest BCUT2D eigenvalue weighted by molar-refractivity contribution is 5.65. The van der Waals surface area contributed by atoms with Crippen LogP contribution in [0, 0.1) is 0 Å². The summed E-state index contributed by atoms with van der Waals surface area (Å²) in [4.78, 5) is 10.4. The zero-order valence-corrected chi connectivity index (χ0v) is 7.18. The van der Waals surface area contributed by atoms with Crippen LogP contribution in [0.15, 0.2) is 0 Å². The fraction of sp³-hybridized carbons (Fsp3) is 0.857. The predicted octanol–water partition coefficient (Wildman–Crippen LogP) is 0.549. The number of nitrogens with two attached hydrogens (primary N) is 2. The summed E-state index contributed by atoms with van der Waals surface area (Å²) in [5.41, 5.74) is 9.33. The molecule has 0 fully saturated rings. The van der Waals surface area contributed by atoms with E-state index >= 15 is 0 Å². The number of rotatable bonds is 5. The van der Waals surface area contributed by atoms with Crippen LogP contribution >= 0.6 is 0 Å². The van der Waals surface area contributed by atoms with Crippen LogP contribution in [-0.4, -0.2) is 24.9 Å². The van der Waals surface area contributed by atoms with Crippen molar-refractivity contribution in [3.05, 3.63) is 0 Å². The van der Waals surface area contributed by atoms with Crippen molar-refractivity contribution in [2.24, 2.45) is 11.5 Å². The standard InChI is InChI=1S/C7H15FN2O2/c1-7(5-9,3-2-4-8)12-6(10)11/h2-5,9H2,1H3,(H2,10,11). The van der Waals surface area contributed by atoms with E-state index in [-0.39, 0.29) is 6.54 Å². The summed E-state index contributed by atoms with van der Waals surface area (Å²) in [6, 6.07) is 0. The third-order valence-corrected chi connectivity index (χ3v) is 1.62. The molecule has 0 aromatic heterocycles. The molecule has 72 valence electrons. The third kappa shape index (κ3) is 4.12. The lowest BCUT2D eigenvalue weighted by atomic mass is 10.0. The Labute approximate surface area is 71.0 Å². The summed E-state index contributed by atoms with van der Waals surface area (Å²) in [6.45, 7) is 1.33. The Kier molecular flexibility index (Phi) is 4.58. The first kappa shape index (κ1) is 11.2. The first-order valence-corrected chi connectivity index (χ1v) is 3.78. The average molecular weight is 178 g/mol. The molecule has 0 aliphatic carbocycles. The van der Waals surface area contributed by atoms with Crippen molar-refractivity contribution in [1.29, 1.82) is 0 Å². The summed E-state index contributed by atoms with van der Waals surface area (Å²) in [5.74, 6) is 0. The summed E-state index contributed by atoms with van der Waals surface area (Å²) < 4.78 is 16.5. The molecule has 0 rings (SSSR count). The van der Waals surface area contributed by atoms with E-state index in [9.17, 15) is 9.18 Å². The van der Waals surface area contributed by atoms with E-state index in [4.69, 9.17) is 16.2 Å². The van der Waals surface area contributed by atoms with Crippen LogP contribution in [-0.2, 0) is 4.74 Å². The van der Waals surface area contributed by atoms with E-state index in [1.165, 1.54) is 0 Å². The van der Waals surface area contributed by atoms with Crippen LogP contribution in [0.4, 0.5) is 9.18 Å². The molecule has 12 heavy (non-hydrogen) atoms. The van der Waals surface area contributed by atoms with Gasteiger partial charge in [0.15, 0.2) is 0 Å². The van der Waals surface area contributed by atoms with Gasteiger partial charge < -0.3 is 16.2 Å². The SMILES string of the molecule is CC(CN)(CCCF)OC(N)=O. The lowest BCUT2D eigenvalue weighted by Crippen LogP contribution is -2.41. The molecule has 4 N–H and O–H groups in total. The van der Waals surface area contributed by atoms with Crippen molar-refractivity contribution in [3.63, 3.8) is 0 Å². The number of ether oxygens (including phenoxy) is 1. The maximum absolute atomic E-state index is 11.8. The van der Waals surface area contributed by atoms with Crippen LogP contribution in [0.3, 0.4) is 0 Å². The summed E-state index contributed by atoms with van der Waals surface area (Å²) in [6.07, 6.45) is -0.161. The fourth-order valence-electron chi connectivity index (χ4n) is 0.878. The highest BCUT2D eigenvalue weighted by Crippen LogP contribution is 2.15. The number of alkyl halides is 1. The average Bonchev–Trinajstić information content (AvgIpc) is 2.00. The molecule has 1 atom stereocenters. The second kappa shape index (κ2) is 4.92. The molecule has 0 bridgehead atoms. The van der Waals surface area contributed by atoms with Crippen molar-refractivity contribution < 1.29 is 13.9 Å². The molecular weight excluding hydrogens is 163 g/mol. The molecule has 0 aromatic rings. The Balaban J connectivity index is 3.95. The smallest absolute Gasteiger partial charge is 0.405 e. The maximum Gasteiger partial charge on any atom is 0.405 e. The van der Waals surface area contributed by atoms with Crippen molar-refractivity contribution >= 4 is 6.09 Å². The zero-order valence-electron chi connectivity index (χ0n) is 7.18. The predicted molar refractivity (Wildman–Crippen MR) is 43.3 cm³/mol. The minimum Gasteiger partial charge on any atom is -0.442 e. The van der Waals surface area contributed by atoms with Crippen molar-refractivity contribution in [2.75, 3.05) is 13.2 Å². The first-order valence-electron chi connectivity index (χ1n) is 3.78. The minimum atomic E-state index is -0.873. The Morgan fingerprint density at radius 3 is 2.58 bits per heavy atom. The zero-order chi connectivity index (χ0) is 9.61. The topological polar surface area (TPSA) is 78.3 Å². The second-order valence-corrected chi connectivity index (χ2v) is 2.87. The normalized spacial score (nSPS) is 15.2. The lowest BCUT2D eigenvalue weighted by Gasteiger charge is -2.26. The van der Waals surface area contributed by atoms with E-state index in [0.717, 1.165) is 0 Å². The number of carbonyl (C=O) groups excluding carboxylic acids is 1. The molecule has 5 heteroatoms. The molecule has 0 heterocycles. The summed E-state index contributed by atoms with van der Waals surface area (Å²) >= 11 is 0. The van der Waals surface area contributed by atoms with Gasteiger partial charge in [0, 0.05) is 6.54 Å². The Hall–Kier alpha value is -0.840. The molecular formula is C7H15FN2O2. The molecule has 0 saturated carbocycles. The first-order chi connectivity index (χ1) is 5.54. The molecule has 0 aliphatic heterocycles. The van der Waals surface area contributed by atoms with Gasteiger partial charge in [-0.1, -0.05) is 0 Å². The molecule has 0 spiro atoms. The van der Waals surface area contributed by atoms with Crippen molar-refractivity contribution in [2.45, 2.75) is 25.4 Å².